The molecular weight excluding hydrogens is 366 g/mol. The van der Waals surface area contributed by atoms with Gasteiger partial charge >= 0.3 is 5.97 Å². The molecule has 4 heteroatoms. The van der Waals surface area contributed by atoms with Gasteiger partial charge in [0.2, 0.25) is 0 Å². The lowest BCUT2D eigenvalue weighted by Crippen LogP contribution is -2.53. The van der Waals surface area contributed by atoms with Crippen LogP contribution in [0.5, 0.6) is 0 Å². The molecule has 144 valence electrons. The third-order valence-electron chi connectivity index (χ3n) is 4.76. The van der Waals surface area contributed by atoms with Gasteiger partial charge in [-0.3, -0.25) is 10.1 Å². The second-order valence-electron chi connectivity index (χ2n) is 6.48. The summed E-state index contributed by atoms with van der Waals surface area (Å²) in [5.74, 6) is 0.0252. The molecule has 0 amide bonds. The van der Waals surface area contributed by atoms with Crippen molar-refractivity contribution in [1.82, 2.24) is 5.32 Å². The molecule has 0 fully saturated rings. The van der Waals surface area contributed by atoms with Crippen molar-refractivity contribution in [3.05, 3.63) is 108 Å². The molecule has 0 aliphatic carbocycles. The highest BCUT2D eigenvalue weighted by molar-refractivity contribution is 7.80. The molecule has 3 nitrogen and oxygen atoms in total. The SMILES string of the molecule is CCOC(=O)[C@H](CS)NC(c1ccccc1)(c1ccccc1)c1ccccc1. The Kier molecular flexibility index (Phi) is 6.90. The zero-order chi connectivity index (χ0) is 19.8. The van der Waals surface area contributed by atoms with Crippen LogP contribution in [0.3, 0.4) is 0 Å². The van der Waals surface area contributed by atoms with Crippen LogP contribution in [-0.2, 0) is 15.1 Å². The van der Waals surface area contributed by atoms with E-state index in [-0.39, 0.29) is 5.97 Å². The molecule has 3 rings (SSSR count). The van der Waals surface area contributed by atoms with Gasteiger partial charge in [-0.05, 0) is 23.6 Å². The number of thiol groups is 1. The smallest absolute Gasteiger partial charge is 0.324 e. The van der Waals surface area contributed by atoms with E-state index in [1.54, 1.807) is 0 Å². The maximum absolute atomic E-state index is 12.6. The van der Waals surface area contributed by atoms with E-state index >= 15 is 0 Å². The van der Waals surface area contributed by atoms with E-state index < -0.39 is 11.6 Å². The van der Waals surface area contributed by atoms with E-state index in [1.165, 1.54) is 0 Å². The molecule has 0 spiro atoms. The third-order valence-corrected chi connectivity index (χ3v) is 5.13. The minimum Gasteiger partial charge on any atom is -0.465 e. The summed E-state index contributed by atoms with van der Waals surface area (Å²) in [6.45, 7) is 2.14. The van der Waals surface area contributed by atoms with Gasteiger partial charge in [-0.1, -0.05) is 91.0 Å². The number of carbonyl (C=O) groups excluding carboxylic acids is 1. The summed E-state index contributed by atoms with van der Waals surface area (Å²) in [6.07, 6.45) is 0. The van der Waals surface area contributed by atoms with Crippen molar-refractivity contribution in [2.45, 2.75) is 18.5 Å². The van der Waals surface area contributed by atoms with Crippen LogP contribution in [0, 0.1) is 0 Å². The molecule has 0 aromatic heterocycles. The molecular formula is C24H25NO2S. The quantitative estimate of drug-likeness (QED) is 0.339. The van der Waals surface area contributed by atoms with Gasteiger partial charge < -0.3 is 4.74 Å². The molecule has 0 radical (unpaired) electrons. The van der Waals surface area contributed by atoms with Crippen LogP contribution in [0.2, 0.25) is 0 Å². The maximum Gasteiger partial charge on any atom is 0.324 e. The highest BCUT2D eigenvalue weighted by atomic mass is 32.1. The first kappa shape index (κ1) is 20.2. The van der Waals surface area contributed by atoms with Crippen LogP contribution in [0.25, 0.3) is 0 Å². The number of benzene rings is 3. The van der Waals surface area contributed by atoms with Gasteiger partial charge in [-0.2, -0.15) is 12.6 Å². The molecule has 28 heavy (non-hydrogen) atoms. The normalized spacial score (nSPS) is 12.4. The standard InChI is InChI=1S/C24H25NO2S/c1-2-27-23(26)22(18-28)25-24(19-12-6-3-7-13-19,20-14-8-4-9-15-20)21-16-10-5-11-17-21/h3-17,22,25,28H,2,18H2,1H3/t22-/m0/s1. The van der Waals surface area contributed by atoms with Crippen molar-refractivity contribution in [1.29, 1.82) is 0 Å². The molecule has 0 saturated heterocycles. The number of carbonyl (C=O) groups is 1. The Morgan fingerprint density at radius 1 is 0.857 bits per heavy atom. The number of hydrogen-bond donors (Lipinski definition) is 2. The van der Waals surface area contributed by atoms with Crippen molar-refractivity contribution >= 4 is 18.6 Å². The first-order valence-electron chi connectivity index (χ1n) is 9.44. The van der Waals surface area contributed by atoms with Crippen LogP contribution >= 0.6 is 12.6 Å². The van der Waals surface area contributed by atoms with E-state index in [9.17, 15) is 4.79 Å². The lowest BCUT2D eigenvalue weighted by molar-refractivity contribution is -0.145. The van der Waals surface area contributed by atoms with E-state index in [0.717, 1.165) is 16.7 Å². The van der Waals surface area contributed by atoms with Crippen LogP contribution in [0.4, 0.5) is 0 Å². The van der Waals surface area contributed by atoms with Crippen molar-refractivity contribution in [3.63, 3.8) is 0 Å². The predicted octanol–water partition coefficient (Wildman–Crippen LogP) is 4.43. The summed E-state index contributed by atoms with van der Waals surface area (Å²) >= 11 is 4.43. The van der Waals surface area contributed by atoms with Gasteiger partial charge in [0.15, 0.2) is 0 Å². The first-order valence-corrected chi connectivity index (χ1v) is 10.1. The van der Waals surface area contributed by atoms with E-state index in [4.69, 9.17) is 4.74 Å². The molecule has 0 aliphatic heterocycles. The number of nitrogens with one attached hydrogen (secondary N) is 1. The maximum atomic E-state index is 12.6. The zero-order valence-electron chi connectivity index (χ0n) is 15.9. The fourth-order valence-corrected chi connectivity index (χ4v) is 3.74. The highest BCUT2D eigenvalue weighted by Gasteiger charge is 2.39. The van der Waals surface area contributed by atoms with Crippen molar-refractivity contribution in [2.75, 3.05) is 12.4 Å². The summed E-state index contributed by atoms with van der Waals surface area (Å²) in [6, 6.07) is 29.9. The molecule has 0 unspecified atom stereocenters. The molecule has 3 aromatic rings. The van der Waals surface area contributed by atoms with Crippen molar-refractivity contribution < 1.29 is 9.53 Å². The number of rotatable bonds is 8. The zero-order valence-corrected chi connectivity index (χ0v) is 16.8. The van der Waals surface area contributed by atoms with Crippen LogP contribution in [0.1, 0.15) is 23.6 Å². The third kappa shape index (κ3) is 4.13. The summed E-state index contributed by atoms with van der Waals surface area (Å²) in [4.78, 5) is 12.6. The molecule has 0 heterocycles. The first-order chi connectivity index (χ1) is 13.7. The summed E-state index contributed by atoms with van der Waals surface area (Å²) in [5, 5.41) is 3.60. The fraction of sp³-hybridized carbons (Fsp3) is 0.208. The Hall–Kier alpha value is -2.56. The van der Waals surface area contributed by atoms with Crippen LogP contribution in [0.15, 0.2) is 91.0 Å². The van der Waals surface area contributed by atoms with Crippen LogP contribution in [-0.4, -0.2) is 24.4 Å². The van der Waals surface area contributed by atoms with E-state index in [0.29, 0.717) is 12.4 Å². The van der Waals surface area contributed by atoms with Crippen LogP contribution < -0.4 is 5.32 Å². The Balaban J connectivity index is 2.23. The van der Waals surface area contributed by atoms with Crippen molar-refractivity contribution in [2.24, 2.45) is 0 Å². The molecule has 1 N–H and O–H groups in total. The minimum absolute atomic E-state index is 0.301. The topological polar surface area (TPSA) is 38.3 Å². The van der Waals surface area contributed by atoms with Gasteiger partial charge in [0.05, 0.1) is 12.1 Å². The Labute approximate surface area is 172 Å². The number of hydrogen-bond acceptors (Lipinski definition) is 4. The second-order valence-corrected chi connectivity index (χ2v) is 6.84. The molecule has 0 bridgehead atoms. The molecule has 3 aromatic carbocycles. The minimum atomic E-state index is -0.718. The highest BCUT2D eigenvalue weighted by Crippen LogP contribution is 2.37. The van der Waals surface area contributed by atoms with E-state index in [2.05, 4.69) is 54.3 Å². The summed E-state index contributed by atoms with van der Waals surface area (Å²) < 4.78 is 5.30. The Morgan fingerprint density at radius 3 is 1.57 bits per heavy atom. The van der Waals surface area contributed by atoms with Gasteiger partial charge in [0, 0.05) is 5.75 Å². The molecule has 0 aliphatic rings. The number of esters is 1. The lowest BCUT2D eigenvalue weighted by atomic mass is 9.76. The summed E-state index contributed by atoms with van der Waals surface area (Å²) in [7, 11) is 0. The van der Waals surface area contributed by atoms with E-state index in [1.807, 2.05) is 61.5 Å². The largest absolute Gasteiger partial charge is 0.465 e. The molecule has 1 atom stereocenters. The van der Waals surface area contributed by atoms with Gasteiger partial charge in [-0.25, -0.2) is 0 Å². The van der Waals surface area contributed by atoms with Gasteiger partial charge in [0.25, 0.3) is 0 Å². The lowest BCUT2D eigenvalue weighted by Gasteiger charge is -2.39. The molecule has 0 saturated carbocycles. The predicted molar refractivity (Wildman–Crippen MR) is 117 cm³/mol. The Morgan fingerprint density at radius 2 is 1.25 bits per heavy atom. The average molecular weight is 392 g/mol. The summed E-state index contributed by atoms with van der Waals surface area (Å²) in [5.41, 5.74) is 2.42. The second kappa shape index (κ2) is 9.58. The Bertz CT molecular complexity index is 772. The average Bonchev–Trinajstić information content (AvgIpc) is 2.77. The fourth-order valence-electron chi connectivity index (χ4n) is 3.50. The number of ether oxygens (including phenoxy) is 1. The van der Waals surface area contributed by atoms with Gasteiger partial charge in [-0.15, -0.1) is 0 Å². The van der Waals surface area contributed by atoms with Gasteiger partial charge in [0.1, 0.15) is 6.04 Å². The monoisotopic (exact) mass is 391 g/mol. The van der Waals surface area contributed by atoms with Crippen molar-refractivity contribution in [3.8, 4) is 0 Å².